The predicted octanol–water partition coefficient (Wildman–Crippen LogP) is 3.83. The Balaban J connectivity index is 1.73. The molecule has 4 nitrogen and oxygen atoms in total. The van der Waals surface area contributed by atoms with Gasteiger partial charge in [-0.15, -0.1) is 0 Å². The molecule has 0 unspecified atom stereocenters. The van der Waals surface area contributed by atoms with Gasteiger partial charge in [-0.1, -0.05) is 24.3 Å². The van der Waals surface area contributed by atoms with Crippen molar-refractivity contribution < 1.29 is 28.6 Å². The van der Waals surface area contributed by atoms with Crippen LogP contribution in [0.4, 0.5) is 4.39 Å². The molecule has 3 rings (SSSR count). The van der Waals surface area contributed by atoms with E-state index in [1.165, 1.54) is 30.3 Å². The summed E-state index contributed by atoms with van der Waals surface area (Å²) in [5.74, 6) is -1.68. The molecule has 5 heteroatoms. The van der Waals surface area contributed by atoms with E-state index in [4.69, 9.17) is 19.1 Å². The monoisotopic (exact) mass is 380 g/mol. The second kappa shape index (κ2) is 9.20. The molecule has 0 bridgehead atoms. The van der Waals surface area contributed by atoms with Crippen LogP contribution in [0.15, 0.2) is 42.5 Å². The van der Waals surface area contributed by atoms with Crippen molar-refractivity contribution in [1.82, 2.24) is 4.90 Å². The van der Waals surface area contributed by atoms with Gasteiger partial charge < -0.3 is 19.5 Å². The number of rotatable bonds is 7. The average Bonchev–Trinajstić information content (AvgIpc) is 2.73. The van der Waals surface area contributed by atoms with Crippen molar-refractivity contribution in [2.45, 2.75) is 25.3 Å². The number of likely N-dealkylation sites (tertiary alicyclic amines) is 1. The van der Waals surface area contributed by atoms with E-state index in [2.05, 4.69) is 4.90 Å². The highest BCUT2D eigenvalue weighted by atomic mass is 19.1. The standard InChI is InChI=1S/C22H28FNO3/c1-26-20-5-3-4-19(22(20)27-2)21(25)17-11-14-24(15-12-17)13-10-16-6-8-18(23)9-7-16/h3-9,17,21,25H,10-15H2,1-2H3/t21-/m1/s1/i1D3,2D3,21D. The van der Waals surface area contributed by atoms with Gasteiger partial charge in [-0.3, -0.25) is 0 Å². The van der Waals surface area contributed by atoms with Gasteiger partial charge in [-0.2, -0.15) is 0 Å². The number of methoxy groups -OCH3 is 2. The SMILES string of the molecule is [2H]C([2H])([2H])Oc1cccc([C@]([2H])(O)C2CCN(CCc3ccc(F)cc3)CC2)c1OC([2H])([2H])[2H]. The molecular formula is C22H28FNO3. The van der Waals surface area contributed by atoms with Gasteiger partial charge >= 0.3 is 0 Å². The first-order valence-corrected chi connectivity index (χ1v) is 8.95. The van der Waals surface area contributed by atoms with E-state index < -0.39 is 31.8 Å². The lowest BCUT2D eigenvalue weighted by molar-refractivity contribution is 0.0573. The van der Waals surface area contributed by atoms with Crippen LogP contribution in [0.25, 0.3) is 0 Å². The fourth-order valence-corrected chi connectivity index (χ4v) is 3.49. The zero-order valence-corrected chi connectivity index (χ0v) is 15.0. The molecule has 1 aliphatic heterocycles. The van der Waals surface area contributed by atoms with Gasteiger partial charge in [0.1, 0.15) is 5.82 Å². The van der Waals surface area contributed by atoms with Crippen molar-refractivity contribution >= 4 is 0 Å². The van der Waals surface area contributed by atoms with Gasteiger partial charge in [0.25, 0.3) is 0 Å². The number of nitrogens with zero attached hydrogens (tertiary/aromatic N) is 1. The summed E-state index contributed by atoms with van der Waals surface area (Å²) in [7, 11) is -5.82. The molecule has 2 aromatic carbocycles. The Labute approximate surface area is 170 Å². The van der Waals surface area contributed by atoms with Crippen LogP contribution in [-0.4, -0.2) is 43.7 Å². The molecule has 146 valence electrons. The fourth-order valence-electron chi connectivity index (χ4n) is 3.49. The second-order valence-corrected chi connectivity index (χ2v) is 6.71. The molecule has 1 fully saturated rings. The van der Waals surface area contributed by atoms with Crippen LogP contribution in [0.2, 0.25) is 0 Å². The molecule has 1 aliphatic rings. The molecule has 2 aromatic rings. The molecule has 1 saturated heterocycles. The van der Waals surface area contributed by atoms with Gasteiger partial charge in [0.15, 0.2) is 11.5 Å². The molecule has 0 aromatic heterocycles. The average molecular weight is 381 g/mol. The molecule has 0 amide bonds. The van der Waals surface area contributed by atoms with E-state index >= 15 is 0 Å². The molecule has 1 N–H and O–H groups in total. The van der Waals surface area contributed by atoms with Gasteiger partial charge in [-0.05, 0) is 62.0 Å². The molecule has 27 heavy (non-hydrogen) atoms. The molecular weight excluding hydrogens is 345 g/mol. The third-order valence-corrected chi connectivity index (χ3v) is 5.07. The van der Waals surface area contributed by atoms with Crippen molar-refractivity contribution in [2.24, 2.45) is 5.92 Å². The first-order chi connectivity index (χ1) is 15.7. The lowest BCUT2D eigenvalue weighted by Gasteiger charge is -2.34. The summed E-state index contributed by atoms with van der Waals surface area (Å²) >= 11 is 0. The summed E-state index contributed by atoms with van der Waals surface area (Å²) in [6, 6.07) is 10.3. The summed E-state index contributed by atoms with van der Waals surface area (Å²) in [4.78, 5) is 2.18. The predicted molar refractivity (Wildman–Crippen MR) is 104 cm³/mol. The van der Waals surface area contributed by atoms with E-state index in [0.29, 0.717) is 25.9 Å². The van der Waals surface area contributed by atoms with E-state index in [1.54, 1.807) is 12.1 Å². The highest BCUT2D eigenvalue weighted by Crippen LogP contribution is 2.39. The molecule has 1 atom stereocenters. The van der Waals surface area contributed by atoms with Crippen LogP contribution in [0.1, 0.15) is 39.6 Å². The fraction of sp³-hybridized carbons (Fsp3) is 0.455. The Kier molecular flexibility index (Phi) is 4.21. The third kappa shape index (κ3) is 4.79. The zero-order valence-electron chi connectivity index (χ0n) is 22.0. The maximum atomic E-state index is 13.1. The number of hydrogen-bond acceptors (Lipinski definition) is 4. The smallest absolute Gasteiger partial charge is 0.166 e. The van der Waals surface area contributed by atoms with Crippen molar-refractivity contribution in [1.29, 1.82) is 0 Å². The maximum absolute atomic E-state index is 13.1. The maximum Gasteiger partial charge on any atom is 0.166 e. The normalized spacial score (nSPS) is 22.8. The molecule has 0 radical (unpaired) electrons. The summed E-state index contributed by atoms with van der Waals surface area (Å²) in [6.07, 6.45) is -0.569. The second-order valence-electron chi connectivity index (χ2n) is 6.71. The van der Waals surface area contributed by atoms with Crippen LogP contribution in [0.5, 0.6) is 11.5 Å². The third-order valence-electron chi connectivity index (χ3n) is 5.07. The summed E-state index contributed by atoms with van der Waals surface area (Å²) < 4.78 is 76.0. The van der Waals surface area contributed by atoms with Gasteiger partial charge in [0.2, 0.25) is 0 Å². The van der Waals surface area contributed by atoms with E-state index in [0.717, 1.165) is 18.5 Å². The number of piperidine rings is 1. The Morgan fingerprint density at radius 1 is 1.19 bits per heavy atom. The molecule has 0 spiro atoms. The Hall–Kier alpha value is -2.11. The number of benzene rings is 2. The van der Waals surface area contributed by atoms with Crippen LogP contribution in [0.3, 0.4) is 0 Å². The van der Waals surface area contributed by atoms with Crippen LogP contribution < -0.4 is 9.47 Å². The minimum absolute atomic E-state index is 0.157. The zero-order chi connectivity index (χ0) is 25.1. The summed E-state index contributed by atoms with van der Waals surface area (Å²) in [5, 5.41) is 11.2. The molecule has 0 saturated carbocycles. The number of ether oxygens (including phenoxy) is 2. The Morgan fingerprint density at radius 2 is 1.93 bits per heavy atom. The highest BCUT2D eigenvalue weighted by molar-refractivity contribution is 5.47. The molecule has 1 heterocycles. The number of aliphatic hydroxyl groups is 1. The van der Waals surface area contributed by atoms with Crippen LogP contribution in [0, 0.1) is 11.7 Å². The first-order valence-electron chi connectivity index (χ1n) is 12.5. The van der Waals surface area contributed by atoms with Crippen molar-refractivity contribution in [3.05, 3.63) is 59.4 Å². The van der Waals surface area contributed by atoms with Crippen molar-refractivity contribution in [3.8, 4) is 11.5 Å². The minimum Gasteiger partial charge on any atom is -0.493 e. The van der Waals surface area contributed by atoms with Gasteiger partial charge in [0, 0.05) is 12.1 Å². The van der Waals surface area contributed by atoms with Gasteiger partial charge in [0.05, 0.1) is 29.8 Å². The van der Waals surface area contributed by atoms with E-state index in [-0.39, 0.29) is 17.1 Å². The van der Waals surface area contributed by atoms with Crippen LogP contribution in [-0.2, 0) is 6.42 Å². The van der Waals surface area contributed by atoms with Crippen molar-refractivity contribution in [2.75, 3.05) is 33.7 Å². The minimum atomic E-state index is -2.94. The van der Waals surface area contributed by atoms with E-state index in [9.17, 15) is 9.50 Å². The number of para-hydroxylation sites is 1. The summed E-state index contributed by atoms with van der Waals surface area (Å²) in [5.41, 5.74) is 0.855. The number of hydrogen-bond donors (Lipinski definition) is 1. The van der Waals surface area contributed by atoms with Crippen molar-refractivity contribution in [3.63, 3.8) is 0 Å². The largest absolute Gasteiger partial charge is 0.493 e. The lowest BCUT2D eigenvalue weighted by Crippen LogP contribution is -2.36. The molecule has 0 aliphatic carbocycles. The number of halogens is 1. The first kappa shape index (κ1) is 12.4. The Bertz CT molecular complexity index is 956. The highest BCUT2D eigenvalue weighted by Gasteiger charge is 2.28. The Morgan fingerprint density at radius 3 is 2.63 bits per heavy atom. The van der Waals surface area contributed by atoms with Gasteiger partial charge in [-0.25, -0.2) is 4.39 Å². The summed E-state index contributed by atoms with van der Waals surface area (Å²) in [6.45, 7) is 1.95. The van der Waals surface area contributed by atoms with E-state index in [1.807, 2.05) is 0 Å². The van der Waals surface area contributed by atoms with Crippen LogP contribution >= 0.6 is 0 Å². The topological polar surface area (TPSA) is 41.9 Å². The quantitative estimate of drug-likeness (QED) is 0.793. The lowest BCUT2D eigenvalue weighted by atomic mass is 9.87.